The van der Waals surface area contributed by atoms with E-state index in [2.05, 4.69) is 4.98 Å². The number of thiazole rings is 1. The lowest BCUT2D eigenvalue weighted by atomic mass is 10.1. The zero-order chi connectivity index (χ0) is 14.8. The highest BCUT2D eigenvalue weighted by molar-refractivity contribution is 7.17. The number of rotatable bonds is 3. The molecule has 0 aliphatic carbocycles. The minimum absolute atomic E-state index is 0.181. The molecular formula is C16H10FNO2S. The Labute approximate surface area is 124 Å². The largest absolute Gasteiger partial charge is 0.477 e. The number of aromatic nitrogens is 1. The molecule has 0 spiro atoms. The van der Waals surface area contributed by atoms with Gasteiger partial charge in [0.2, 0.25) is 0 Å². The molecule has 1 N–H and O–H groups in total. The number of benzene rings is 2. The van der Waals surface area contributed by atoms with Crippen LogP contribution in [0, 0.1) is 5.82 Å². The Morgan fingerprint density at radius 2 is 1.67 bits per heavy atom. The lowest BCUT2D eigenvalue weighted by Gasteiger charge is -1.97. The van der Waals surface area contributed by atoms with Crippen LogP contribution in [-0.2, 0) is 0 Å². The fourth-order valence-electron chi connectivity index (χ4n) is 1.97. The molecule has 0 amide bonds. The van der Waals surface area contributed by atoms with Crippen molar-refractivity contribution in [2.24, 2.45) is 0 Å². The number of nitrogens with zero attached hydrogens (tertiary/aromatic N) is 1. The van der Waals surface area contributed by atoms with Gasteiger partial charge < -0.3 is 5.11 Å². The van der Waals surface area contributed by atoms with Gasteiger partial charge in [0.25, 0.3) is 0 Å². The van der Waals surface area contributed by atoms with Gasteiger partial charge in [0.15, 0.2) is 0 Å². The molecule has 0 aliphatic rings. The van der Waals surface area contributed by atoms with Crippen LogP contribution in [0.3, 0.4) is 0 Å². The fourth-order valence-corrected chi connectivity index (χ4v) is 2.90. The molecule has 0 atom stereocenters. The Morgan fingerprint density at radius 1 is 1.00 bits per heavy atom. The third-order valence-corrected chi connectivity index (χ3v) is 4.05. The maximum atomic E-state index is 13.0. The van der Waals surface area contributed by atoms with E-state index in [0.29, 0.717) is 16.3 Å². The first-order chi connectivity index (χ1) is 10.1. The SMILES string of the molecule is O=C(O)c1sc(-c2ccc(F)cc2)nc1-c1ccccc1. The Bertz CT molecular complexity index is 782. The molecule has 0 fully saturated rings. The molecular weight excluding hydrogens is 289 g/mol. The molecule has 21 heavy (non-hydrogen) atoms. The Kier molecular flexibility index (Phi) is 3.50. The second-order valence-electron chi connectivity index (χ2n) is 4.37. The van der Waals surface area contributed by atoms with Gasteiger partial charge in [-0.25, -0.2) is 14.2 Å². The number of carbonyl (C=O) groups is 1. The summed E-state index contributed by atoms with van der Waals surface area (Å²) in [7, 11) is 0. The fraction of sp³-hybridized carbons (Fsp3) is 0. The second-order valence-corrected chi connectivity index (χ2v) is 5.37. The van der Waals surface area contributed by atoms with E-state index in [1.165, 1.54) is 12.1 Å². The molecule has 3 rings (SSSR count). The highest BCUT2D eigenvalue weighted by Gasteiger charge is 2.19. The van der Waals surface area contributed by atoms with Gasteiger partial charge in [-0.3, -0.25) is 0 Å². The lowest BCUT2D eigenvalue weighted by Crippen LogP contribution is -1.95. The lowest BCUT2D eigenvalue weighted by molar-refractivity contribution is 0.0702. The van der Waals surface area contributed by atoms with Gasteiger partial charge in [-0.1, -0.05) is 30.3 Å². The number of carboxylic acids is 1. The van der Waals surface area contributed by atoms with Crippen molar-refractivity contribution in [3.63, 3.8) is 0 Å². The van der Waals surface area contributed by atoms with Gasteiger partial charge in [-0.15, -0.1) is 11.3 Å². The van der Waals surface area contributed by atoms with E-state index in [1.54, 1.807) is 12.1 Å². The quantitative estimate of drug-likeness (QED) is 0.783. The van der Waals surface area contributed by atoms with E-state index in [9.17, 15) is 14.3 Å². The van der Waals surface area contributed by atoms with Gasteiger partial charge in [-0.2, -0.15) is 0 Å². The third-order valence-electron chi connectivity index (χ3n) is 2.96. The van der Waals surface area contributed by atoms with Gasteiger partial charge in [0, 0.05) is 11.1 Å². The summed E-state index contributed by atoms with van der Waals surface area (Å²) in [5.41, 5.74) is 1.89. The number of hydrogen-bond acceptors (Lipinski definition) is 3. The summed E-state index contributed by atoms with van der Waals surface area (Å²) >= 11 is 1.09. The zero-order valence-electron chi connectivity index (χ0n) is 10.8. The first kappa shape index (κ1) is 13.5. The molecule has 1 aromatic heterocycles. The molecule has 1 heterocycles. The monoisotopic (exact) mass is 299 g/mol. The average Bonchev–Trinajstić information content (AvgIpc) is 2.94. The normalized spacial score (nSPS) is 10.5. The summed E-state index contributed by atoms with van der Waals surface area (Å²) in [6.45, 7) is 0. The van der Waals surface area contributed by atoms with Crippen molar-refractivity contribution in [2.45, 2.75) is 0 Å². The summed E-state index contributed by atoms with van der Waals surface area (Å²) in [6, 6.07) is 15.0. The standard InChI is InChI=1S/C16H10FNO2S/c17-12-8-6-11(7-9-12)15-18-13(14(21-15)16(19)20)10-4-2-1-3-5-10/h1-9H,(H,19,20). The molecule has 3 nitrogen and oxygen atoms in total. The van der Waals surface area contributed by atoms with E-state index in [0.717, 1.165) is 16.9 Å². The minimum atomic E-state index is -1.01. The molecule has 0 radical (unpaired) electrons. The Morgan fingerprint density at radius 3 is 2.29 bits per heavy atom. The highest BCUT2D eigenvalue weighted by atomic mass is 32.1. The molecule has 5 heteroatoms. The van der Waals surface area contributed by atoms with Crippen molar-refractivity contribution in [2.75, 3.05) is 0 Å². The van der Waals surface area contributed by atoms with Crippen molar-refractivity contribution >= 4 is 17.3 Å². The Balaban J connectivity index is 2.13. The topological polar surface area (TPSA) is 50.2 Å². The number of aromatic carboxylic acids is 1. The van der Waals surface area contributed by atoms with Crippen molar-refractivity contribution in [1.82, 2.24) is 4.98 Å². The molecule has 0 aliphatic heterocycles. The maximum Gasteiger partial charge on any atom is 0.348 e. The molecule has 0 unspecified atom stereocenters. The van der Waals surface area contributed by atoms with Gasteiger partial charge in [0.05, 0.1) is 5.69 Å². The van der Waals surface area contributed by atoms with E-state index in [4.69, 9.17) is 0 Å². The maximum absolute atomic E-state index is 13.0. The van der Waals surface area contributed by atoms with Crippen molar-refractivity contribution in [3.8, 4) is 21.8 Å². The van der Waals surface area contributed by atoms with Crippen LogP contribution in [-0.4, -0.2) is 16.1 Å². The molecule has 3 aromatic rings. The second kappa shape index (κ2) is 5.46. The van der Waals surface area contributed by atoms with E-state index in [-0.39, 0.29) is 10.7 Å². The predicted octanol–water partition coefficient (Wildman–Crippen LogP) is 4.31. The van der Waals surface area contributed by atoms with Crippen LogP contribution in [0.15, 0.2) is 54.6 Å². The predicted molar refractivity (Wildman–Crippen MR) is 79.9 cm³/mol. The molecule has 2 aromatic carbocycles. The van der Waals surface area contributed by atoms with Crippen LogP contribution < -0.4 is 0 Å². The first-order valence-corrected chi connectivity index (χ1v) is 7.02. The summed E-state index contributed by atoms with van der Waals surface area (Å²) in [5.74, 6) is -1.35. The Hall–Kier alpha value is -2.53. The zero-order valence-corrected chi connectivity index (χ0v) is 11.6. The van der Waals surface area contributed by atoms with Crippen molar-refractivity contribution < 1.29 is 14.3 Å². The van der Waals surface area contributed by atoms with Crippen LogP contribution in [0.25, 0.3) is 21.8 Å². The highest BCUT2D eigenvalue weighted by Crippen LogP contribution is 2.33. The summed E-state index contributed by atoms with van der Waals surface area (Å²) in [5, 5.41) is 9.90. The van der Waals surface area contributed by atoms with Crippen LogP contribution in [0.5, 0.6) is 0 Å². The summed E-state index contributed by atoms with van der Waals surface area (Å²) < 4.78 is 13.0. The van der Waals surface area contributed by atoms with E-state index >= 15 is 0 Å². The van der Waals surface area contributed by atoms with Gasteiger partial charge in [0.1, 0.15) is 15.7 Å². The molecule has 104 valence electrons. The minimum Gasteiger partial charge on any atom is -0.477 e. The van der Waals surface area contributed by atoms with Crippen LogP contribution in [0.2, 0.25) is 0 Å². The van der Waals surface area contributed by atoms with Crippen LogP contribution in [0.1, 0.15) is 9.67 Å². The number of halogens is 1. The van der Waals surface area contributed by atoms with Gasteiger partial charge >= 0.3 is 5.97 Å². The summed E-state index contributed by atoms with van der Waals surface area (Å²) in [6.07, 6.45) is 0. The summed E-state index contributed by atoms with van der Waals surface area (Å²) in [4.78, 5) is 16.0. The van der Waals surface area contributed by atoms with Crippen LogP contribution in [0.4, 0.5) is 4.39 Å². The first-order valence-electron chi connectivity index (χ1n) is 6.20. The number of carboxylic acid groups (broad SMARTS) is 1. The third kappa shape index (κ3) is 2.68. The molecule has 0 saturated carbocycles. The van der Waals surface area contributed by atoms with Crippen LogP contribution >= 0.6 is 11.3 Å². The van der Waals surface area contributed by atoms with Gasteiger partial charge in [-0.05, 0) is 24.3 Å². The van der Waals surface area contributed by atoms with E-state index in [1.807, 2.05) is 30.3 Å². The van der Waals surface area contributed by atoms with Crippen molar-refractivity contribution in [3.05, 3.63) is 65.3 Å². The average molecular weight is 299 g/mol. The van der Waals surface area contributed by atoms with E-state index < -0.39 is 5.97 Å². The molecule has 0 bridgehead atoms. The van der Waals surface area contributed by atoms with Crippen molar-refractivity contribution in [1.29, 1.82) is 0 Å². The smallest absolute Gasteiger partial charge is 0.348 e. The number of hydrogen-bond donors (Lipinski definition) is 1. The molecule has 0 saturated heterocycles.